The molecule has 0 aliphatic carbocycles. The molecule has 0 heterocycles. The maximum Gasteiger partial charge on any atom is 0.122 e. The molecule has 13 heavy (non-hydrogen) atoms. The first-order chi connectivity index (χ1) is 6.26. The first kappa shape index (κ1) is 12.1. The zero-order valence-electron chi connectivity index (χ0n) is 8.22. The lowest BCUT2D eigenvalue weighted by Crippen LogP contribution is -1.99. The fraction of sp³-hybridized carbons (Fsp3) is 0.455. The van der Waals surface area contributed by atoms with Gasteiger partial charge in [-0.3, -0.25) is 0 Å². The molecule has 0 unspecified atom stereocenters. The molecule has 0 amide bonds. The molecular formula is C11H18FN. The Hall–Kier alpha value is -0.890. The van der Waals surface area contributed by atoms with E-state index < -0.39 is 0 Å². The first-order valence-electron chi connectivity index (χ1n) is 4.58. The largest absolute Gasteiger partial charge is 0.330 e. The van der Waals surface area contributed by atoms with Crippen molar-refractivity contribution in [2.45, 2.75) is 26.2 Å². The summed E-state index contributed by atoms with van der Waals surface area (Å²) in [6.45, 7) is 5.97. The summed E-state index contributed by atoms with van der Waals surface area (Å²) < 4.78 is 13.3. The van der Waals surface area contributed by atoms with E-state index in [1.807, 2.05) is 6.92 Å². The van der Waals surface area contributed by atoms with Gasteiger partial charge in [0.15, 0.2) is 0 Å². The zero-order chi connectivity index (χ0) is 10.1. The molecule has 0 saturated heterocycles. The fourth-order valence-corrected chi connectivity index (χ4v) is 1.01. The van der Waals surface area contributed by atoms with Crippen LogP contribution in [0.4, 0.5) is 4.39 Å². The van der Waals surface area contributed by atoms with Crippen molar-refractivity contribution in [3.8, 4) is 0 Å². The molecule has 0 aliphatic heterocycles. The number of halogens is 1. The summed E-state index contributed by atoms with van der Waals surface area (Å²) in [6.07, 6.45) is 7.13. The molecule has 0 aromatic heterocycles. The highest BCUT2D eigenvalue weighted by Gasteiger charge is 2.01. The van der Waals surface area contributed by atoms with Gasteiger partial charge in [-0.2, -0.15) is 0 Å². The maximum atomic E-state index is 13.3. The van der Waals surface area contributed by atoms with Crippen molar-refractivity contribution in [3.63, 3.8) is 0 Å². The number of nitrogens with two attached hydrogens (primary N) is 1. The lowest BCUT2D eigenvalue weighted by molar-refractivity contribution is 0.628. The number of allylic oxidation sites excluding steroid dienone is 5. The average molecular weight is 183 g/mol. The molecule has 0 atom stereocenters. The quantitative estimate of drug-likeness (QED) is 0.497. The molecule has 1 nitrogen and oxygen atoms in total. The van der Waals surface area contributed by atoms with Crippen LogP contribution in [-0.2, 0) is 0 Å². The predicted molar refractivity (Wildman–Crippen MR) is 56.1 cm³/mol. The highest BCUT2D eigenvalue weighted by Crippen LogP contribution is 2.17. The minimum absolute atomic E-state index is 0.143. The van der Waals surface area contributed by atoms with Gasteiger partial charge in [-0.15, -0.1) is 6.58 Å². The Morgan fingerprint density at radius 1 is 1.54 bits per heavy atom. The summed E-state index contributed by atoms with van der Waals surface area (Å²) in [5.41, 5.74) is 6.09. The first-order valence-corrected chi connectivity index (χ1v) is 4.58. The van der Waals surface area contributed by atoms with Crippen LogP contribution in [0.25, 0.3) is 0 Å². The summed E-state index contributed by atoms with van der Waals surface area (Å²) in [6, 6.07) is 0. The topological polar surface area (TPSA) is 26.0 Å². The molecule has 0 bridgehead atoms. The van der Waals surface area contributed by atoms with E-state index in [0.29, 0.717) is 19.4 Å². The summed E-state index contributed by atoms with van der Waals surface area (Å²) in [5, 5.41) is 0. The Kier molecular flexibility index (Phi) is 7.21. The normalized spacial score (nSPS) is 13.2. The summed E-state index contributed by atoms with van der Waals surface area (Å²) in [5.74, 6) is -0.143. The van der Waals surface area contributed by atoms with E-state index in [-0.39, 0.29) is 5.83 Å². The van der Waals surface area contributed by atoms with Crippen molar-refractivity contribution in [3.05, 3.63) is 36.2 Å². The van der Waals surface area contributed by atoms with E-state index in [0.717, 1.165) is 12.0 Å². The van der Waals surface area contributed by atoms with E-state index in [1.165, 1.54) is 0 Å². The van der Waals surface area contributed by atoms with E-state index in [2.05, 4.69) is 6.58 Å². The molecule has 0 fully saturated rings. The average Bonchev–Trinajstić information content (AvgIpc) is 2.16. The summed E-state index contributed by atoms with van der Waals surface area (Å²) in [4.78, 5) is 0. The third kappa shape index (κ3) is 5.36. The second-order valence-electron chi connectivity index (χ2n) is 2.78. The van der Waals surface area contributed by atoms with Gasteiger partial charge in [0, 0.05) is 0 Å². The Balaban J connectivity index is 4.15. The summed E-state index contributed by atoms with van der Waals surface area (Å²) >= 11 is 0. The van der Waals surface area contributed by atoms with Gasteiger partial charge in [0.2, 0.25) is 0 Å². The highest BCUT2D eigenvalue weighted by molar-refractivity contribution is 5.24. The molecule has 0 aliphatic rings. The fourth-order valence-electron chi connectivity index (χ4n) is 1.01. The molecule has 0 radical (unpaired) electrons. The summed E-state index contributed by atoms with van der Waals surface area (Å²) in [7, 11) is 0. The van der Waals surface area contributed by atoms with Crippen molar-refractivity contribution in [2.24, 2.45) is 5.73 Å². The van der Waals surface area contributed by atoms with Crippen molar-refractivity contribution < 1.29 is 4.39 Å². The molecule has 74 valence electrons. The smallest absolute Gasteiger partial charge is 0.122 e. The van der Waals surface area contributed by atoms with Gasteiger partial charge >= 0.3 is 0 Å². The van der Waals surface area contributed by atoms with Gasteiger partial charge in [-0.05, 0) is 44.4 Å². The minimum atomic E-state index is -0.143. The van der Waals surface area contributed by atoms with Gasteiger partial charge in [0.05, 0.1) is 0 Å². The van der Waals surface area contributed by atoms with Gasteiger partial charge in [-0.1, -0.05) is 12.2 Å². The van der Waals surface area contributed by atoms with Crippen LogP contribution in [-0.4, -0.2) is 6.54 Å². The molecular weight excluding hydrogens is 165 g/mol. The van der Waals surface area contributed by atoms with Gasteiger partial charge in [0.1, 0.15) is 5.83 Å². The van der Waals surface area contributed by atoms with Gasteiger partial charge in [0.25, 0.3) is 0 Å². The Bertz CT molecular complexity index is 204. The van der Waals surface area contributed by atoms with E-state index >= 15 is 0 Å². The lowest BCUT2D eigenvalue weighted by Gasteiger charge is -2.02. The van der Waals surface area contributed by atoms with E-state index in [9.17, 15) is 4.39 Å². The molecule has 2 N–H and O–H groups in total. The van der Waals surface area contributed by atoms with Crippen LogP contribution in [0.3, 0.4) is 0 Å². The van der Waals surface area contributed by atoms with E-state index in [1.54, 1.807) is 18.2 Å². The predicted octanol–water partition coefficient (Wildman–Crippen LogP) is 3.10. The molecule has 0 aromatic rings. The number of rotatable bonds is 6. The standard InChI is InChI=1S/C11H18FN/c1-3-5-8-11(12)10(4-2)7-6-9-13/h3-4,8H,1,5-7,9,13H2,2H3/b10-4-,11-8?. The zero-order valence-corrected chi connectivity index (χ0v) is 8.22. The van der Waals surface area contributed by atoms with Gasteiger partial charge < -0.3 is 5.73 Å². The van der Waals surface area contributed by atoms with Gasteiger partial charge in [-0.25, -0.2) is 4.39 Å². The SMILES string of the molecule is C=CCC=C(F)/C(=C\C)CCCN. The monoisotopic (exact) mass is 183 g/mol. The second kappa shape index (κ2) is 7.74. The van der Waals surface area contributed by atoms with Crippen LogP contribution in [0.1, 0.15) is 26.2 Å². The second-order valence-corrected chi connectivity index (χ2v) is 2.78. The van der Waals surface area contributed by atoms with Crippen LogP contribution >= 0.6 is 0 Å². The number of hydrogen-bond donors (Lipinski definition) is 1. The van der Waals surface area contributed by atoms with Crippen LogP contribution in [0.5, 0.6) is 0 Å². The third-order valence-electron chi connectivity index (χ3n) is 1.77. The third-order valence-corrected chi connectivity index (χ3v) is 1.77. The van der Waals surface area contributed by atoms with Crippen molar-refractivity contribution in [1.29, 1.82) is 0 Å². The lowest BCUT2D eigenvalue weighted by atomic mass is 10.1. The Morgan fingerprint density at radius 3 is 2.69 bits per heavy atom. The molecule has 0 aromatic carbocycles. The molecule has 2 heteroatoms. The van der Waals surface area contributed by atoms with Crippen LogP contribution < -0.4 is 5.73 Å². The minimum Gasteiger partial charge on any atom is -0.330 e. The Morgan fingerprint density at radius 2 is 2.23 bits per heavy atom. The van der Waals surface area contributed by atoms with Crippen molar-refractivity contribution >= 4 is 0 Å². The number of hydrogen-bond acceptors (Lipinski definition) is 1. The van der Waals surface area contributed by atoms with Crippen LogP contribution in [0.15, 0.2) is 36.2 Å². The molecule has 0 rings (SSSR count). The van der Waals surface area contributed by atoms with E-state index in [4.69, 9.17) is 5.73 Å². The molecule has 0 saturated carbocycles. The highest BCUT2D eigenvalue weighted by atomic mass is 19.1. The maximum absolute atomic E-state index is 13.3. The molecule has 0 spiro atoms. The van der Waals surface area contributed by atoms with Crippen LogP contribution in [0.2, 0.25) is 0 Å². The van der Waals surface area contributed by atoms with Crippen molar-refractivity contribution in [2.75, 3.05) is 6.54 Å². The van der Waals surface area contributed by atoms with Crippen molar-refractivity contribution in [1.82, 2.24) is 0 Å². The van der Waals surface area contributed by atoms with Crippen LogP contribution in [0, 0.1) is 0 Å². The Labute approximate surface area is 79.8 Å².